The van der Waals surface area contributed by atoms with Crippen molar-refractivity contribution in [1.29, 1.82) is 0 Å². The Morgan fingerprint density at radius 2 is 2.12 bits per heavy atom. The number of benzene rings is 1. The van der Waals surface area contributed by atoms with Crippen molar-refractivity contribution in [2.75, 3.05) is 26.2 Å². The number of hydrogen-bond donors (Lipinski definition) is 2. The van der Waals surface area contributed by atoms with E-state index >= 15 is 0 Å². The summed E-state index contributed by atoms with van der Waals surface area (Å²) in [5.74, 6) is 0.0652. The lowest BCUT2D eigenvalue weighted by Crippen LogP contribution is -2.53. The highest BCUT2D eigenvalue weighted by molar-refractivity contribution is 5.88. The van der Waals surface area contributed by atoms with E-state index in [9.17, 15) is 9.59 Å². The van der Waals surface area contributed by atoms with Crippen LogP contribution in [-0.4, -0.2) is 49.2 Å². The molecule has 25 heavy (non-hydrogen) atoms. The van der Waals surface area contributed by atoms with Crippen molar-refractivity contribution in [3.8, 4) is 0 Å². The molecule has 136 valence electrons. The molecule has 1 aromatic rings. The van der Waals surface area contributed by atoms with Gasteiger partial charge in [-0.3, -0.25) is 4.79 Å². The zero-order valence-electron chi connectivity index (χ0n) is 14.8. The molecule has 0 bridgehead atoms. The van der Waals surface area contributed by atoms with E-state index in [0.717, 1.165) is 31.2 Å². The van der Waals surface area contributed by atoms with Crippen molar-refractivity contribution >= 4 is 11.9 Å². The lowest BCUT2D eigenvalue weighted by atomic mass is 9.77. The minimum absolute atomic E-state index is 0.0652. The summed E-state index contributed by atoms with van der Waals surface area (Å²) in [6.45, 7) is 3.83. The second-order valence-corrected chi connectivity index (χ2v) is 7.15. The van der Waals surface area contributed by atoms with Crippen LogP contribution in [-0.2, 0) is 14.9 Å². The molecule has 1 aromatic carbocycles. The molecule has 3 rings (SSSR count). The van der Waals surface area contributed by atoms with E-state index in [1.165, 1.54) is 5.56 Å². The Morgan fingerprint density at radius 1 is 1.36 bits per heavy atom. The maximum atomic E-state index is 13.1. The number of nitrogens with one attached hydrogen (secondary N) is 1. The molecule has 0 radical (unpaired) electrons. The van der Waals surface area contributed by atoms with E-state index in [4.69, 9.17) is 10.5 Å². The minimum Gasteiger partial charge on any atom is -0.373 e. The van der Waals surface area contributed by atoms with Crippen LogP contribution in [0.3, 0.4) is 0 Å². The molecule has 0 aromatic heterocycles. The fourth-order valence-corrected chi connectivity index (χ4v) is 3.99. The number of urea groups is 1. The van der Waals surface area contributed by atoms with Crippen molar-refractivity contribution in [2.24, 2.45) is 5.73 Å². The molecule has 0 unspecified atom stereocenters. The molecule has 6 nitrogen and oxygen atoms in total. The summed E-state index contributed by atoms with van der Waals surface area (Å²) in [5, 5.41) is 3.07. The lowest BCUT2D eigenvalue weighted by molar-refractivity contribution is -0.127. The first-order valence-corrected chi connectivity index (χ1v) is 9.03. The van der Waals surface area contributed by atoms with Crippen LogP contribution in [0.15, 0.2) is 24.3 Å². The average Bonchev–Trinajstić information content (AvgIpc) is 3.11. The lowest BCUT2D eigenvalue weighted by Gasteiger charge is -2.33. The molecule has 1 aliphatic heterocycles. The molecule has 1 atom stereocenters. The largest absolute Gasteiger partial charge is 0.373 e. The smallest absolute Gasteiger partial charge is 0.314 e. The zero-order valence-corrected chi connectivity index (χ0v) is 14.8. The molecule has 0 spiro atoms. The Bertz CT molecular complexity index is 641. The highest BCUT2D eigenvalue weighted by Gasteiger charge is 2.42. The first kappa shape index (κ1) is 17.7. The van der Waals surface area contributed by atoms with Gasteiger partial charge < -0.3 is 20.7 Å². The number of primary amides is 1. The van der Waals surface area contributed by atoms with Gasteiger partial charge in [0.1, 0.15) is 0 Å². The molecule has 3 amide bonds. The van der Waals surface area contributed by atoms with Gasteiger partial charge in [-0.15, -0.1) is 0 Å². The predicted molar refractivity (Wildman–Crippen MR) is 95.2 cm³/mol. The summed E-state index contributed by atoms with van der Waals surface area (Å²) in [6, 6.07) is 7.82. The molecule has 1 saturated heterocycles. The number of hydrogen-bond acceptors (Lipinski definition) is 3. The quantitative estimate of drug-likeness (QED) is 0.871. The molecular formula is C19H27N3O3. The number of nitrogens with zero attached hydrogens (tertiary/aromatic N) is 1. The van der Waals surface area contributed by atoms with Gasteiger partial charge in [0.25, 0.3) is 0 Å². The van der Waals surface area contributed by atoms with Crippen LogP contribution in [0.5, 0.6) is 0 Å². The van der Waals surface area contributed by atoms with Gasteiger partial charge in [-0.05, 0) is 25.3 Å². The molecule has 6 heteroatoms. The fourth-order valence-electron chi connectivity index (χ4n) is 3.99. The number of ether oxygens (including phenoxy) is 1. The summed E-state index contributed by atoms with van der Waals surface area (Å²) >= 11 is 0. The average molecular weight is 345 g/mol. The summed E-state index contributed by atoms with van der Waals surface area (Å²) in [7, 11) is 0. The zero-order chi connectivity index (χ0) is 17.9. The van der Waals surface area contributed by atoms with E-state index in [2.05, 4.69) is 30.4 Å². The normalized spacial score (nSPS) is 22.6. The summed E-state index contributed by atoms with van der Waals surface area (Å²) in [4.78, 5) is 25.9. The van der Waals surface area contributed by atoms with Crippen LogP contribution in [0.2, 0.25) is 0 Å². The standard InChI is InChI=1S/C19H27N3O3/c1-14-5-4-6-15(11-14)19(7-2-3-8-19)17(23)21-12-16-13-22(18(20)24)9-10-25-16/h4-6,11,16H,2-3,7-10,12-13H2,1H3,(H2,20,24)(H,21,23)/t16-/m0/s1. The van der Waals surface area contributed by atoms with E-state index in [-0.39, 0.29) is 12.0 Å². The van der Waals surface area contributed by atoms with Gasteiger partial charge >= 0.3 is 6.03 Å². The topological polar surface area (TPSA) is 84.7 Å². The van der Waals surface area contributed by atoms with Crippen LogP contribution in [0, 0.1) is 6.92 Å². The van der Waals surface area contributed by atoms with Gasteiger partial charge in [0.2, 0.25) is 5.91 Å². The maximum absolute atomic E-state index is 13.1. The molecule has 2 aliphatic rings. The Labute approximate surface area is 148 Å². The van der Waals surface area contributed by atoms with Gasteiger partial charge in [0.05, 0.1) is 24.7 Å². The third-order valence-electron chi connectivity index (χ3n) is 5.40. The Hall–Kier alpha value is -2.08. The Balaban J connectivity index is 1.67. The number of morpholine rings is 1. The fraction of sp³-hybridized carbons (Fsp3) is 0.579. The van der Waals surface area contributed by atoms with Crippen molar-refractivity contribution in [3.05, 3.63) is 35.4 Å². The highest BCUT2D eigenvalue weighted by atomic mass is 16.5. The van der Waals surface area contributed by atoms with Crippen LogP contribution in [0.4, 0.5) is 4.79 Å². The molecule has 1 heterocycles. The van der Waals surface area contributed by atoms with Crippen LogP contribution in [0.25, 0.3) is 0 Å². The highest BCUT2D eigenvalue weighted by Crippen LogP contribution is 2.41. The predicted octanol–water partition coefficient (Wildman–Crippen LogP) is 1.70. The molecule has 3 N–H and O–H groups in total. The first-order chi connectivity index (χ1) is 12.0. The number of amides is 3. The van der Waals surface area contributed by atoms with E-state index in [0.29, 0.717) is 26.2 Å². The molecular weight excluding hydrogens is 318 g/mol. The van der Waals surface area contributed by atoms with E-state index < -0.39 is 11.4 Å². The van der Waals surface area contributed by atoms with Gasteiger partial charge in [0.15, 0.2) is 0 Å². The monoisotopic (exact) mass is 345 g/mol. The summed E-state index contributed by atoms with van der Waals surface area (Å²) in [6.07, 6.45) is 3.68. The SMILES string of the molecule is Cc1cccc(C2(C(=O)NC[C@H]3CN(C(N)=O)CCO3)CCCC2)c1. The minimum atomic E-state index is -0.440. The number of carbonyl (C=O) groups is 2. The van der Waals surface area contributed by atoms with Crippen LogP contribution >= 0.6 is 0 Å². The van der Waals surface area contributed by atoms with Crippen molar-refractivity contribution < 1.29 is 14.3 Å². The van der Waals surface area contributed by atoms with Gasteiger partial charge in [-0.25, -0.2) is 4.79 Å². The van der Waals surface area contributed by atoms with Gasteiger partial charge in [-0.1, -0.05) is 42.7 Å². The van der Waals surface area contributed by atoms with E-state index in [1.54, 1.807) is 4.90 Å². The number of nitrogens with two attached hydrogens (primary N) is 1. The Kier molecular flexibility index (Phi) is 5.27. The molecule has 1 saturated carbocycles. The van der Waals surface area contributed by atoms with Gasteiger partial charge in [0, 0.05) is 13.1 Å². The Morgan fingerprint density at radius 3 is 2.80 bits per heavy atom. The van der Waals surface area contributed by atoms with E-state index in [1.807, 2.05) is 6.07 Å². The van der Waals surface area contributed by atoms with Gasteiger partial charge in [-0.2, -0.15) is 0 Å². The van der Waals surface area contributed by atoms with Crippen molar-refractivity contribution in [2.45, 2.75) is 44.1 Å². The number of rotatable bonds is 4. The number of carbonyl (C=O) groups excluding carboxylic acids is 2. The van der Waals surface area contributed by atoms with Crippen molar-refractivity contribution in [3.63, 3.8) is 0 Å². The summed E-state index contributed by atoms with van der Waals surface area (Å²) < 4.78 is 5.66. The second kappa shape index (κ2) is 7.44. The molecule has 1 aliphatic carbocycles. The van der Waals surface area contributed by atoms with Crippen molar-refractivity contribution in [1.82, 2.24) is 10.2 Å². The molecule has 2 fully saturated rings. The third kappa shape index (κ3) is 3.79. The third-order valence-corrected chi connectivity index (χ3v) is 5.40. The number of aryl methyl sites for hydroxylation is 1. The van der Waals surface area contributed by atoms with Crippen LogP contribution in [0.1, 0.15) is 36.8 Å². The van der Waals surface area contributed by atoms with Crippen LogP contribution < -0.4 is 11.1 Å². The summed E-state index contributed by atoms with van der Waals surface area (Å²) in [5.41, 5.74) is 7.17. The first-order valence-electron chi connectivity index (χ1n) is 9.03. The maximum Gasteiger partial charge on any atom is 0.314 e. The second-order valence-electron chi connectivity index (χ2n) is 7.15.